The minimum atomic E-state index is -0.331. The van der Waals surface area contributed by atoms with Crippen molar-refractivity contribution in [3.05, 3.63) is 72.1 Å². The highest BCUT2D eigenvalue weighted by atomic mass is 16.5. The van der Waals surface area contributed by atoms with Gasteiger partial charge in [-0.3, -0.25) is 4.79 Å². The second-order valence-electron chi connectivity index (χ2n) is 6.29. The first-order valence-corrected chi connectivity index (χ1v) is 8.72. The van der Waals surface area contributed by atoms with Crippen LogP contribution in [0, 0.1) is 0 Å². The van der Waals surface area contributed by atoms with Crippen LogP contribution in [-0.4, -0.2) is 23.0 Å². The second-order valence-corrected chi connectivity index (χ2v) is 6.29. The number of methoxy groups -OCH3 is 1. The van der Waals surface area contributed by atoms with Crippen LogP contribution in [-0.2, 0) is 0 Å². The molecule has 0 unspecified atom stereocenters. The summed E-state index contributed by atoms with van der Waals surface area (Å²) in [7, 11) is 1.56. The number of amides is 1. The summed E-state index contributed by atoms with van der Waals surface area (Å²) < 4.78 is 5.26. The SMILES string of the molecule is COc1ccccc1NC(=O)c1ccnc(Nc2ccccc2C(C)C)n1. The van der Waals surface area contributed by atoms with E-state index in [0.717, 1.165) is 11.3 Å². The molecule has 27 heavy (non-hydrogen) atoms. The van der Waals surface area contributed by atoms with Gasteiger partial charge >= 0.3 is 0 Å². The molecule has 0 saturated carbocycles. The summed E-state index contributed by atoms with van der Waals surface area (Å²) in [6.07, 6.45) is 1.56. The molecule has 0 saturated heterocycles. The van der Waals surface area contributed by atoms with Gasteiger partial charge < -0.3 is 15.4 Å². The van der Waals surface area contributed by atoms with Crippen LogP contribution in [0.5, 0.6) is 5.75 Å². The highest BCUT2D eigenvalue weighted by molar-refractivity contribution is 6.03. The van der Waals surface area contributed by atoms with Gasteiger partial charge in [-0.2, -0.15) is 0 Å². The van der Waals surface area contributed by atoms with Crippen LogP contribution in [0.25, 0.3) is 0 Å². The number of anilines is 3. The molecule has 1 heterocycles. The van der Waals surface area contributed by atoms with Crippen LogP contribution in [0.1, 0.15) is 35.8 Å². The molecule has 0 radical (unpaired) electrons. The zero-order valence-electron chi connectivity index (χ0n) is 15.6. The largest absolute Gasteiger partial charge is 0.495 e. The van der Waals surface area contributed by atoms with Crippen LogP contribution in [0.3, 0.4) is 0 Å². The summed E-state index contributed by atoms with van der Waals surface area (Å²) in [6.45, 7) is 4.25. The molecule has 0 aliphatic carbocycles. The molecule has 3 rings (SSSR count). The van der Waals surface area contributed by atoms with Gasteiger partial charge in [0.05, 0.1) is 12.8 Å². The fraction of sp³-hybridized carbons (Fsp3) is 0.190. The first-order valence-electron chi connectivity index (χ1n) is 8.72. The zero-order valence-corrected chi connectivity index (χ0v) is 15.6. The fourth-order valence-corrected chi connectivity index (χ4v) is 2.71. The van der Waals surface area contributed by atoms with Crippen molar-refractivity contribution in [1.82, 2.24) is 9.97 Å². The molecule has 1 aromatic heterocycles. The minimum Gasteiger partial charge on any atom is -0.495 e. The Morgan fingerprint density at radius 1 is 1.00 bits per heavy atom. The molecule has 0 aliphatic rings. The van der Waals surface area contributed by atoms with E-state index in [1.54, 1.807) is 31.5 Å². The van der Waals surface area contributed by atoms with Crippen LogP contribution in [0.15, 0.2) is 60.8 Å². The van der Waals surface area contributed by atoms with E-state index in [-0.39, 0.29) is 11.6 Å². The summed E-state index contributed by atoms with van der Waals surface area (Å²) >= 11 is 0. The number of hydrogen-bond donors (Lipinski definition) is 2. The van der Waals surface area contributed by atoms with Gasteiger partial charge in [0, 0.05) is 11.9 Å². The Hall–Kier alpha value is -3.41. The van der Waals surface area contributed by atoms with Gasteiger partial charge in [0.2, 0.25) is 5.95 Å². The first-order chi connectivity index (χ1) is 13.1. The van der Waals surface area contributed by atoms with Gasteiger partial charge in [-0.1, -0.05) is 44.2 Å². The van der Waals surface area contributed by atoms with Crippen molar-refractivity contribution in [2.45, 2.75) is 19.8 Å². The molecule has 0 atom stereocenters. The van der Waals surface area contributed by atoms with Gasteiger partial charge in [0.25, 0.3) is 5.91 Å². The van der Waals surface area contributed by atoms with E-state index < -0.39 is 0 Å². The predicted molar refractivity (Wildman–Crippen MR) is 107 cm³/mol. The fourth-order valence-electron chi connectivity index (χ4n) is 2.71. The normalized spacial score (nSPS) is 10.5. The third-order valence-corrected chi connectivity index (χ3v) is 4.07. The molecule has 6 nitrogen and oxygen atoms in total. The molecule has 3 aromatic rings. The van der Waals surface area contributed by atoms with Gasteiger partial charge in [-0.05, 0) is 35.7 Å². The van der Waals surface area contributed by atoms with E-state index in [4.69, 9.17) is 4.74 Å². The zero-order chi connectivity index (χ0) is 19.2. The van der Waals surface area contributed by atoms with Gasteiger partial charge in [-0.25, -0.2) is 9.97 Å². The van der Waals surface area contributed by atoms with Crippen LogP contribution in [0.2, 0.25) is 0 Å². The number of carbonyl (C=O) groups excluding carboxylic acids is 1. The maximum absolute atomic E-state index is 12.6. The molecule has 0 fully saturated rings. The van der Waals surface area contributed by atoms with Crippen molar-refractivity contribution in [3.8, 4) is 5.75 Å². The van der Waals surface area contributed by atoms with E-state index in [2.05, 4.69) is 40.5 Å². The first kappa shape index (κ1) is 18.4. The molecule has 2 aromatic carbocycles. The number of ether oxygens (including phenoxy) is 1. The number of nitrogens with zero attached hydrogens (tertiary/aromatic N) is 2. The number of nitrogens with one attached hydrogen (secondary N) is 2. The quantitative estimate of drug-likeness (QED) is 0.670. The van der Waals surface area contributed by atoms with Crippen molar-refractivity contribution in [2.75, 3.05) is 17.7 Å². The smallest absolute Gasteiger partial charge is 0.274 e. The lowest BCUT2D eigenvalue weighted by Crippen LogP contribution is -2.15. The monoisotopic (exact) mass is 362 g/mol. The van der Waals surface area contributed by atoms with E-state index >= 15 is 0 Å². The number of hydrogen-bond acceptors (Lipinski definition) is 5. The van der Waals surface area contributed by atoms with Crippen LogP contribution in [0.4, 0.5) is 17.3 Å². The number of aromatic nitrogens is 2. The molecular weight excluding hydrogens is 340 g/mol. The topological polar surface area (TPSA) is 76.1 Å². The molecule has 0 spiro atoms. The highest BCUT2D eigenvalue weighted by Crippen LogP contribution is 2.26. The Labute approximate surface area is 158 Å². The molecule has 1 amide bonds. The average Bonchev–Trinajstić information content (AvgIpc) is 2.69. The van der Waals surface area contributed by atoms with Gasteiger partial charge in [0.1, 0.15) is 11.4 Å². The van der Waals surface area contributed by atoms with Crippen molar-refractivity contribution in [3.63, 3.8) is 0 Å². The molecule has 0 bridgehead atoms. The van der Waals surface area contributed by atoms with Crippen molar-refractivity contribution in [1.29, 1.82) is 0 Å². The van der Waals surface area contributed by atoms with Gasteiger partial charge in [0.15, 0.2) is 0 Å². The third-order valence-electron chi connectivity index (χ3n) is 4.07. The Morgan fingerprint density at radius 2 is 1.70 bits per heavy atom. The van der Waals surface area contributed by atoms with E-state index in [9.17, 15) is 4.79 Å². The number of carbonyl (C=O) groups is 1. The summed E-state index contributed by atoms with van der Waals surface area (Å²) in [6, 6.07) is 16.8. The predicted octanol–water partition coefficient (Wildman–Crippen LogP) is 4.60. The molecule has 0 aliphatic heterocycles. The van der Waals surface area contributed by atoms with Crippen molar-refractivity contribution in [2.24, 2.45) is 0 Å². The van der Waals surface area contributed by atoms with E-state index in [0.29, 0.717) is 23.3 Å². The Balaban J connectivity index is 1.81. The van der Waals surface area contributed by atoms with Crippen molar-refractivity contribution < 1.29 is 9.53 Å². The summed E-state index contributed by atoms with van der Waals surface area (Å²) in [5.74, 6) is 0.979. The highest BCUT2D eigenvalue weighted by Gasteiger charge is 2.13. The third kappa shape index (κ3) is 4.41. The standard InChI is InChI=1S/C21H22N4O2/c1-14(2)15-8-4-5-9-16(15)24-21-22-13-12-18(25-21)20(26)23-17-10-6-7-11-19(17)27-3/h4-14H,1-3H3,(H,23,26)(H,22,24,25). The van der Waals surface area contributed by atoms with E-state index in [1.165, 1.54) is 0 Å². The minimum absolute atomic E-state index is 0.264. The Kier molecular flexibility index (Phi) is 5.66. The summed E-state index contributed by atoms with van der Waals surface area (Å²) in [5.41, 5.74) is 2.93. The molecular formula is C21H22N4O2. The lowest BCUT2D eigenvalue weighted by atomic mass is 10.0. The molecule has 138 valence electrons. The number of benzene rings is 2. The van der Waals surface area contributed by atoms with E-state index in [1.807, 2.05) is 30.3 Å². The van der Waals surface area contributed by atoms with Crippen LogP contribution >= 0.6 is 0 Å². The Bertz CT molecular complexity index is 941. The maximum Gasteiger partial charge on any atom is 0.274 e. The average molecular weight is 362 g/mol. The maximum atomic E-state index is 12.6. The number of para-hydroxylation sites is 3. The van der Waals surface area contributed by atoms with Crippen molar-refractivity contribution >= 4 is 23.2 Å². The lowest BCUT2D eigenvalue weighted by molar-refractivity contribution is 0.102. The summed E-state index contributed by atoms with van der Waals surface area (Å²) in [4.78, 5) is 21.2. The lowest BCUT2D eigenvalue weighted by Gasteiger charge is -2.14. The number of rotatable bonds is 6. The van der Waals surface area contributed by atoms with Gasteiger partial charge in [-0.15, -0.1) is 0 Å². The Morgan fingerprint density at radius 3 is 2.44 bits per heavy atom. The summed E-state index contributed by atoms with van der Waals surface area (Å²) in [5, 5.41) is 6.03. The molecule has 6 heteroatoms. The van der Waals surface area contributed by atoms with Crippen LogP contribution < -0.4 is 15.4 Å². The second kappa shape index (κ2) is 8.31. The molecule has 2 N–H and O–H groups in total.